The highest BCUT2D eigenvalue weighted by molar-refractivity contribution is 7.92. The number of sulfonamides is 1. The first kappa shape index (κ1) is 16.6. The minimum Gasteiger partial charge on any atom is -0.491 e. The van der Waals surface area contributed by atoms with Gasteiger partial charge in [0.15, 0.2) is 0 Å². The molecule has 6 heteroatoms. The van der Waals surface area contributed by atoms with Crippen LogP contribution in [0.3, 0.4) is 0 Å². The number of hydrogen-bond acceptors (Lipinski definition) is 3. The minimum atomic E-state index is -3.61. The Morgan fingerprint density at radius 2 is 1.55 bits per heavy atom. The van der Waals surface area contributed by atoms with Gasteiger partial charge in [0.25, 0.3) is 10.0 Å². The van der Waals surface area contributed by atoms with Crippen molar-refractivity contribution >= 4 is 27.3 Å². The quantitative estimate of drug-likeness (QED) is 0.828. The summed E-state index contributed by atoms with van der Waals surface area (Å²) in [6.45, 7) is 3.87. The summed E-state index contributed by atoms with van der Waals surface area (Å²) in [6, 6.07) is 13.0. The molecular weight excluding hydrogens is 322 g/mol. The number of benzene rings is 2. The molecule has 2 rings (SSSR count). The van der Waals surface area contributed by atoms with Crippen LogP contribution in [0.5, 0.6) is 5.75 Å². The van der Waals surface area contributed by atoms with Crippen molar-refractivity contribution in [2.45, 2.75) is 24.8 Å². The van der Waals surface area contributed by atoms with E-state index < -0.39 is 10.0 Å². The Morgan fingerprint density at radius 3 is 2.05 bits per heavy atom. The molecule has 4 nitrogen and oxygen atoms in total. The molecule has 0 bridgehead atoms. The Morgan fingerprint density at radius 1 is 1.00 bits per heavy atom. The van der Waals surface area contributed by atoms with Gasteiger partial charge in [0.2, 0.25) is 0 Å². The molecule has 0 N–H and O–H groups in total. The Labute approximate surface area is 136 Å². The molecule has 0 aliphatic heterocycles. The van der Waals surface area contributed by atoms with E-state index in [9.17, 15) is 8.42 Å². The van der Waals surface area contributed by atoms with Crippen LogP contribution in [-0.2, 0) is 10.0 Å². The molecule has 0 aliphatic rings. The maximum Gasteiger partial charge on any atom is 0.264 e. The third-order valence-corrected chi connectivity index (χ3v) is 5.10. The van der Waals surface area contributed by atoms with Gasteiger partial charge in [-0.15, -0.1) is 0 Å². The summed E-state index contributed by atoms with van der Waals surface area (Å²) in [6.07, 6.45) is 0.0707. The topological polar surface area (TPSA) is 46.6 Å². The number of hydrogen-bond donors (Lipinski definition) is 0. The fraction of sp³-hybridized carbons (Fsp3) is 0.250. The van der Waals surface area contributed by atoms with Crippen molar-refractivity contribution in [3.8, 4) is 5.75 Å². The first-order valence-corrected chi connectivity index (χ1v) is 8.64. The molecule has 0 amide bonds. The summed E-state index contributed by atoms with van der Waals surface area (Å²) >= 11 is 5.79. The SMILES string of the molecule is CC(C)Oc1ccc(N(C)S(=O)(=O)c2ccc(Cl)cc2)cc1. The molecule has 0 fully saturated rings. The smallest absolute Gasteiger partial charge is 0.264 e. The molecule has 0 saturated carbocycles. The Kier molecular flexibility index (Phi) is 4.98. The molecule has 0 atom stereocenters. The van der Waals surface area contributed by atoms with Crippen LogP contribution in [0.4, 0.5) is 5.69 Å². The van der Waals surface area contributed by atoms with E-state index in [0.29, 0.717) is 16.5 Å². The van der Waals surface area contributed by atoms with Crippen LogP contribution >= 0.6 is 11.6 Å². The van der Waals surface area contributed by atoms with Gasteiger partial charge in [-0.05, 0) is 62.4 Å². The lowest BCUT2D eigenvalue weighted by molar-refractivity contribution is 0.242. The second-order valence-electron chi connectivity index (χ2n) is 5.09. The van der Waals surface area contributed by atoms with Crippen molar-refractivity contribution in [1.82, 2.24) is 0 Å². The maximum atomic E-state index is 12.6. The lowest BCUT2D eigenvalue weighted by Crippen LogP contribution is -2.26. The van der Waals surface area contributed by atoms with E-state index in [4.69, 9.17) is 16.3 Å². The van der Waals surface area contributed by atoms with Crippen molar-refractivity contribution < 1.29 is 13.2 Å². The normalized spacial score (nSPS) is 11.5. The van der Waals surface area contributed by atoms with E-state index in [0.717, 1.165) is 0 Å². The van der Waals surface area contributed by atoms with Gasteiger partial charge in [-0.1, -0.05) is 11.6 Å². The monoisotopic (exact) mass is 339 g/mol. The third-order valence-electron chi connectivity index (χ3n) is 3.04. The Balaban J connectivity index is 2.26. The van der Waals surface area contributed by atoms with Gasteiger partial charge < -0.3 is 4.74 Å². The lowest BCUT2D eigenvalue weighted by atomic mass is 10.3. The second kappa shape index (κ2) is 6.58. The standard InChI is InChI=1S/C16H18ClNO3S/c1-12(2)21-15-8-6-14(7-9-15)18(3)22(19,20)16-10-4-13(17)5-11-16/h4-12H,1-3H3. The molecule has 118 valence electrons. The van der Waals surface area contributed by atoms with E-state index in [-0.39, 0.29) is 11.0 Å². The van der Waals surface area contributed by atoms with Gasteiger partial charge in [-0.2, -0.15) is 0 Å². The first-order chi connectivity index (χ1) is 10.3. The van der Waals surface area contributed by atoms with Gasteiger partial charge in [-0.3, -0.25) is 4.31 Å². The van der Waals surface area contributed by atoms with Gasteiger partial charge >= 0.3 is 0 Å². The molecule has 0 aliphatic carbocycles. The van der Waals surface area contributed by atoms with Gasteiger partial charge in [0.05, 0.1) is 16.7 Å². The Hall–Kier alpha value is -1.72. The Bertz CT molecular complexity index is 725. The van der Waals surface area contributed by atoms with Crippen molar-refractivity contribution in [3.63, 3.8) is 0 Å². The predicted molar refractivity (Wildman–Crippen MR) is 89.2 cm³/mol. The van der Waals surface area contributed by atoms with Crippen LogP contribution in [0.15, 0.2) is 53.4 Å². The fourth-order valence-corrected chi connectivity index (χ4v) is 3.23. The number of nitrogens with zero attached hydrogens (tertiary/aromatic N) is 1. The van der Waals surface area contributed by atoms with Gasteiger partial charge in [0, 0.05) is 12.1 Å². The molecule has 0 saturated heterocycles. The van der Waals surface area contributed by atoms with Crippen molar-refractivity contribution in [2.75, 3.05) is 11.4 Å². The summed E-state index contributed by atoms with van der Waals surface area (Å²) in [5.74, 6) is 0.705. The summed E-state index contributed by atoms with van der Waals surface area (Å²) in [4.78, 5) is 0.196. The highest BCUT2D eigenvalue weighted by Gasteiger charge is 2.21. The average molecular weight is 340 g/mol. The fourth-order valence-electron chi connectivity index (χ4n) is 1.91. The van der Waals surface area contributed by atoms with Crippen LogP contribution < -0.4 is 9.04 Å². The highest BCUT2D eigenvalue weighted by Crippen LogP contribution is 2.25. The largest absolute Gasteiger partial charge is 0.491 e. The first-order valence-electron chi connectivity index (χ1n) is 6.82. The van der Waals surface area contributed by atoms with Crippen LogP contribution in [0.2, 0.25) is 5.02 Å². The van der Waals surface area contributed by atoms with E-state index >= 15 is 0 Å². The lowest BCUT2D eigenvalue weighted by Gasteiger charge is -2.20. The zero-order chi connectivity index (χ0) is 16.3. The molecule has 2 aromatic rings. The van der Waals surface area contributed by atoms with E-state index in [2.05, 4.69) is 0 Å². The summed E-state index contributed by atoms with van der Waals surface area (Å²) in [7, 11) is -2.09. The molecule has 0 unspecified atom stereocenters. The second-order valence-corrected chi connectivity index (χ2v) is 7.49. The number of anilines is 1. The van der Waals surface area contributed by atoms with Crippen LogP contribution in [-0.4, -0.2) is 21.6 Å². The van der Waals surface area contributed by atoms with Crippen LogP contribution in [0, 0.1) is 0 Å². The summed E-state index contributed by atoms with van der Waals surface area (Å²) < 4.78 is 31.9. The molecule has 0 radical (unpaired) electrons. The van der Waals surface area contributed by atoms with Crippen molar-refractivity contribution in [3.05, 3.63) is 53.6 Å². The highest BCUT2D eigenvalue weighted by atomic mass is 35.5. The molecular formula is C16H18ClNO3S. The van der Waals surface area contributed by atoms with E-state index in [1.165, 1.54) is 23.5 Å². The zero-order valence-electron chi connectivity index (χ0n) is 12.7. The average Bonchev–Trinajstić information content (AvgIpc) is 2.47. The zero-order valence-corrected chi connectivity index (χ0v) is 14.2. The molecule has 0 spiro atoms. The molecule has 22 heavy (non-hydrogen) atoms. The summed E-state index contributed by atoms with van der Waals surface area (Å²) in [5.41, 5.74) is 0.561. The predicted octanol–water partition coefficient (Wildman–Crippen LogP) is 3.95. The maximum absolute atomic E-state index is 12.6. The van der Waals surface area contributed by atoms with Gasteiger partial charge in [0.1, 0.15) is 5.75 Å². The van der Waals surface area contributed by atoms with Crippen LogP contribution in [0.1, 0.15) is 13.8 Å². The number of ether oxygens (including phenoxy) is 1. The third kappa shape index (κ3) is 3.72. The molecule has 0 heterocycles. The minimum absolute atomic E-state index is 0.0707. The van der Waals surface area contributed by atoms with E-state index in [1.54, 1.807) is 36.4 Å². The summed E-state index contributed by atoms with van der Waals surface area (Å²) in [5, 5.41) is 0.497. The molecule has 0 aromatic heterocycles. The van der Waals surface area contributed by atoms with Gasteiger partial charge in [-0.25, -0.2) is 8.42 Å². The number of rotatable bonds is 5. The number of halogens is 1. The van der Waals surface area contributed by atoms with Crippen molar-refractivity contribution in [1.29, 1.82) is 0 Å². The van der Waals surface area contributed by atoms with Crippen molar-refractivity contribution in [2.24, 2.45) is 0 Å². The van der Waals surface area contributed by atoms with Crippen LogP contribution in [0.25, 0.3) is 0 Å². The van der Waals surface area contributed by atoms with E-state index in [1.807, 2.05) is 13.8 Å². The molecule has 2 aromatic carbocycles.